The van der Waals surface area contributed by atoms with Crippen LogP contribution in [0.25, 0.3) is 0 Å². The zero-order valence-corrected chi connectivity index (χ0v) is 11.1. The number of aromatic nitrogens is 2. The van der Waals surface area contributed by atoms with E-state index in [1.54, 1.807) is 0 Å². The van der Waals surface area contributed by atoms with E-state index >= 15 is 0 Å². The molecule has 19 heavy (non-hydrogen) atoms. The molecule has 7 N–H and O–H groups in total. The molecule has 1 rings (SSSR count). The van der Waals surface area contributed by atoms with Gasteiger partial charge in [0, 0.05) is 13.2 Å². The Balaban J connectivity index is 2.43. The predicted molar refractivity (Wildman–Crippen MR) is 72.7 cm³/mol. The van der Waals surface area contributed by atoms with Gasteiger partial charge in [0.05, 0.1) is 6.61 Å². The zero-order valence-electron chi connectivity index (χ0n) is 10.4. The van der Waals surface area contributed by atoms with E-state index in [2.05, 4.69) is 15.3 Å². The summed E-state index contributed by atoms with van der Waals surface area (Å²) < 4.78 is 5.23. The lowest BCUT2D eigenvalue weighted by atomic mass is 10.3. The monoisotopic (exact) mass is 288 g/mol. The van der Waals surface area contributed by atoms with Gasteiger partial charge in [0.15, 0.2) is 22.5 Å². The molecule has 0 aliphatic rings. The van der Waals surface area contributed by atoms with Crippen molar-refractivity contribution in [3.05, 3.63) is 10.8 Å². The molecule has 0 saturated carbocycles. The number of anilines is 2. The van der Waals surface area contributed by atoms with E-state index in [1.807, 2.05) is 0 Å². The van der Waals surface area contributed by atoms with Crippen molar-refractivity contribution in [1.29, 1.82) is 0 Å². The third kappa shape index (κ3) is 4.86. The molecule has 0 spiro atoms. The number of hydrogen-bond donors (Lipinski definition) is 4. The van der Waals surface area contributed by atoms with Gasteiger partial charge >= 0.3 is 0 Å². The first kappa shape index (κ1) is 15.4. The topological polar surface area (TPSA) is 142 Å². The molecule has 0 bridgehead atoms. The number of nitrogens with two attached hydrogens (primary N) is 3. The van der Waals surface area contributed by atoms with Crippen molar-refractivity contribution >= 4 is 29.1 Å². The maximum absolute atomic E-state index is 11.7. The first-order valence-electron chi connectivity index (χ1n) is 5.70. The molecule has 9 heteroatoms. The maximum atomic E-state index is 11.7. The second-order valence-corrected chi connectivity index (χ2v) is 4.00. The predicted octanol–water partition coefficient (Wildman–Crippen LogP) is -0.610. The van der Waals surface area contributed by atoms with Crippen LogP contribution in [0.3, 0.4) is 0 Å². The maximum Gasteiger partial charge on any atom is 0.273 e. The Morgan fingerprint density at radius 1 is 1.26 bits per heavy atom. The van der Waals surface area contributed by atoms with Gasteiger partial charge < -0.3 is 27.3 Å². The van der Waals surface area contributed by atoms with Crippen LogP contribution in [0.15, 0.2) is 0 Å². The molecule has 0 fully saturated rings. The number of amides is 1. The number of ether oxygens (including phenoxy) is 1. The zero-order chi connectivity index (χ0) is 14.3. The first-order valence-corrected chi connectivity index (χ1v) is 6.08. The lowest BCUT2D eigenvalue weighted by Crippen LogP contribution is -2.29. The van der Waals surface area contributed by atoms with Crippen molar-refractivity contribution in [3.63, 3.8) is 0 Å². The second kappa shape index (κ2) is 7.72. The van der Waals surface area contributed by atoms with Gasteiger partial charge in [0.25, 0.3) is 5.91 Å². The fourth-order valence-electron chi connectivity index (χ4n) is 1.22. The van der Waals surface area contributed by atoms with Crippen LogP contribution in [0.2, 0.25) is 5.15 Å². The van der Waals surface area contributed by atoms with Crippen molar-refractivity contribution in [1.82, 2.24) is 15.3 Å². The Labute approximate surface area is 115 Å². The Hall–Kier alpha value is -1.64. The average molecular weight is 289 g/mol. The molecule has 8 nitrogen and oxygen atoms in total. The number of carbonyl (C=O) groups excluding carboxylic acids is 1. The highest BCUT2D eigenvalue weighted by atomic mass is 35.5. The highest BCUT2D eigenvalue weighted by Gasteiger charge is 2.15. The fraction of sp³-hybridized carbons (Fsp3) is 0.500. The van der Waals surface area contributed by atoms with Crippen molar-refractivity contribution < 1.29 is 9.53 Å². The van der Waals surface area contributed by atoms with Gasteiger partial charge in [-0.3, -0.25) is 4.79 Å². The number of carbonyl (C=O) groups is 1. The summed E-state index contributed by atoms with van der Waals surface area (Å²) in [5, 5.41) is 2.53. The quantitative estimate of drug-likeness (QED) is 0.490. The van der Waals surface area contributed by atoms with Crippen molar-refractivity contribution in [2.24, 2.45) is 5.73 Å². The minimum absolute atomic E-state index is 0.0131. The van der Waals surface area contributed by atoms with Crippen LogP contribution in [-0.4, -0.2) is 42.2 Å². The molecule has 0 radical (unpaired) electrons. The average Bonchev–Trinajstić information content (AvgIpc) is 2.37. The van der Waals surface area contributed by atoms with Crippen LogP contribution < -0.4 is 22.5 Å². The van der Waals surface area contributed by atoms with Gasteiger partial charge in [-0.25, -0.2) is 9.97 Å². The summed E-state index contributed by atoms with van der Waals surface area (Å²) in [4.78, 5) is 19.3. The summed E-state index contributed by atoms with van der Waals surface area (Å²) in [7, 11) is 0. The molecule has 1 amide bonds. The van der Waals surface area contributed by atoms with Crippen LogP contribution in [-0.2, 0) is 4.74 Å². The normalized spacial score (nSPS) is 10.4. The first-order chi connectivity index (χ1) is 9.06. The molecule has 1 aromatic rings. The van der Waals surface area contributed by atoms with Crippen molar-refractivity contribution in [2.45, 2.75) is 6.42 Å². The second-order valence-electron chi connectivity index (χ2n) is 3.64. The lowest BCUT2D eigenvalue weighted by molar-refractivity contribution is 0.0910. The van der Waals surface area contributed by atoms with Crippen LogP contribution in [0.4, 0.5) is 11.6 Å². The van der Waals surface area contributed by atoms with Crippen LogP contribution >= 0.6 is 11.6 Å². The third-order valence-electron chi connectivity index (χ3n) is 2.14. The molecule has 0 atom stereocenters. The number of nitrogens with one attached hydrogen (secondary N) is 1. The SMILES string of the molecule is NCCCOCCNC(=O)c1nc(Cl)c(N)nc1N. The van der Waals surface area contributed by atoms with Crippen molar-refractivity contribution in [2.75, 3.05) is 37.8 Å². The minimum atomic E-state index is -0.477. The number of nitrogen functional groups attached to an aromatic ring is 2. The van der Waals surface area contributed by atoms with Crippen LogP contribution in [0.1, 0.15) is 16.9 Å². The molecular weight excluding hydrogens is 272 g/mol. The van der Waals surface area contributed by atoms with Crippen molar-refractivity contribution in [3.8, 4) is 0 Å². The van der Waals surface area contributed by atoms with E-state index in [-0.39, 0.29) is 22.5 Å². The standard InChI is InChI=1S/C10H17ClN6O2/c11-7-9(14)17-8(13)6(16-7)10(18)15-3-5-19-4-1-2-12/h1-5,12H2,(H,15,18)(H4,13,14,17). The van der Waals surface area contributed by atoms with E-state index in [0.29, 0.717) is 26.3 Å². The van der Waals surface area contributed by atoms with Crippen LogP contribution in [0.5, 0.6) is 0 Å². The molecule has 106 valence electrons. The van der Waals surface area contributed by atoms with Gasteiger partial charge in [-0.2, -0.15) is 0 Å². The molecule has 0 unspecified atom stereocenters. The van der Waals surface area contributed by atoms with E-state index in [4.69, 9.17) is 33.5 Å². The smallest absolute Gasteiger partial charge is 0.273 e. The summed E-state index contributed by atoms with van der Waals surface area (Å²) in [5.41, 5.74) is 16.2. The minimum Gasteiger partial charge on any atom is -0.382 e. The number of nitrogens with zero attached hydrogens (tertiary/aromatic N) is 2. The van der Waals surface area contributed by atoms with Gasteiger partial charge in [-0.15, -0.1) is 0 Å². The number of rotatable bonds is 7. The summed E-state index contributed by atoms with van der Waals surface area (Å²) in [6, 6.07) is 0. The highest BCUT2D eigenvalue weighted by Crippen LogP contribution is 2.16. The van der Waals surface area contributed by atoms with Gasteiger partial charge in [0.2, 0.25) is 0 Å². The number of hydrogen-bond acceptors (Lipinski definition) is 7. The lowest BCUT2D eigenvalue weighted by Gasteiger charge is -2.08. The number of halogens is 1. The summed E-state index contributed by atoms with van der Waals surface area (Å²) >= 11 is 5.68. The Morgan fingerprint density at radius 2 is 2.00 bits per heavy atom. The van der Waals surface area contributed by atoms with Crippen LogP contribution in [0, 0.1) is 0 Å². The Morgan fingerprint density at radius 3 is 2.68 bits per heavy atom. The molecule has 1 aromatic heterocycles. The summed E-state index contributed by atoms with van der Waals surface area (Å²) in [6.07, 6.45) is 0.778. The highest BCUT2D eigenvalue weighted by molar-refractivity contribution is 6.31. The van der Waals surface area contributed by atoms with E-state index in [9.17, 15) is 4.79 Å². The van der Waals surface area contributed by atoms with Gasteiger partial charge in [-0.05, 0) is 13.0 Å². The molecular formula is C10H17ClN6O2. The fourth-order valence-corrected chi connectivity index (χ4v) is 1.34. The van der Waals surface area contributed by atoms with E-state index in [1.165, 1.54) is 0 Å². The molecule has 1 heterocycles. The van der Waals surface area contributed by atoms with E-state index in [0.717, 1.165) is 6.42 Å². The molecule has 0 aliphatic heterocycles. The Kier molecular flexibility index (Phi) is 6.26. The van der Waals surface area contributed by atoms with Gasteiger partial charge in [-0.1, -0.05) is 11.6 Å². The molecule has 0 aromatic carbocycles. The molecule has 0 aliphatic carbocycles. The largest absolute Gasteiger partial charge is 0.382 e. The third-order valence-corrected chi connectivity index (χ3v) is 2.42. The van der Waals surface area contributed by atoms with E-state index < -0.39 is 5.91 Å². The molecule has 0 saturated heterocycles. The summed E-state index contributed by atoms with van der Waals surface area (Å²) in [5.74, 6) is -0.557. The van der Waals surface area contributed by atoms with Gasteiger partial charge in [0.1, 0.15) is 0 Å². The Bertz CT molecular complexity index is 442. The summed E-state index contributed by atoms with van der Waals surface area (Å²) in [6.45, 7) is 1.83.